The van der Waals surface area contributed by atoms with Crippen LogP contribution in [0.3, 0.4) is 0 Å². The zero-order valence-corrected chi connectivity index (χ0v) is 12.6. The van der Waals surface area contributed by atoms with Crippen molar-refractivity contribution in [3.8, 4) is 0 Å². The van der Waals surface area contributed by atoms with Gasteiger partial charge in [-0.05, 0) is 43.4 Å². The zero-order valence-electron chi connectivity index (χ0n) is 12.6. The normalized spacial score (nSPS) is 27.5. The van der Waals surface area contributed by atoms with Crippen molar-refractivity contribution in [1.29, 1.82) is 0 Å². The summed E-state index contributed by atoms with van der Waals surface area (Å²) in [4.78, 5) is 2.44. The van der Waals surface area contributed by atoms with E-state index in [9.17, 15) is 5.11 Å². The Labute approximate surface area is 127 Å². The lowest BCUT2D eigenvalue weighted by Gasteiger charge is -2.28. The maximum Gasteiger partial charge on any atom is 0.0594 e. The Morgan fingerprint density at radius 3 is 2.38 bits per heavy atom. The number of aliphatic hydroxyl groups excluding tert-OH is 1. The minimum absolute atomic E-state index is 0.0843. The summed E-state index contributed by atoms with van der Waals surface area (Å²) in [5.74, 6) is 0. The minimum atomic E-state index is -0.0843. The third kappa shape index (κ3) is 4.43. The minimum Gasteiger partial charge on any atom is -0.393 e. The molecule has 3 rings (SSSR count). The second-order valence-electron chi connectivity index (χ2n) is 6.24. The van der Waals surface area contributed by atoms with Crippen LogP contribution >= 0.6 is 0 Å². The number of anilines is 1. The molecule has 0 amide bonds. The Balaban J connectivity index is 1.49. The predicted molar refractivity (Wildman–Crippen MR) is 84.4 cm³/mol. The van der Waals surface area contributed by atoms with Gasteiger partial charge in [0.1, 0.15) is 0 Å². The summed E-state index contributed by atoms with van der Waals surface area (Å²) in [6.07, 6.45) is 3.89. The van der Waals surface area contributed by atoms with E-state index in [-0.39, 0.29) is 6.10 Å². The van der Waals surface area contributed by atoms with E-state index in [0.717, 1.165) is 58.5 Å². The lowest BCUT2D eigenvalue weighted by molar-refractivity contribution is 0.0342. The highest BCUT2D eigenvalue weighted by Crippen LogP contribution is 2.22. The first-order chi connectivity index (χ1) is 10.3. The number of nitrogens with zero attached hydrogens (tertiary/aromatic N) is 1. The molecule has 4 heteroatoms. The Morgan fingerprint density at radius 1 is 1.05 bits per heavy atom. The van der Waals surface area contributed by atoms with Gasteiger partial charge in [0.25, 0.3) is 0 Å². The number of ether oxygens (including phenoxy) is 1. The molecule has 2 aliphatic rings. The smallest absolute Gasteiger partial charge is 0.0594 e. The standard InChI is InChI=1S/C17H26N2O2/c20-17-7-5-16(6-8-17)18-15-3-1-14(2-4-15)13-19-9-11-21-12-10-19/h1-4,16-18,20H,5-13H2. The number of nitrogens with one attached hydrogen (secondary N) is 1. The lowest BCUT2D eigenvalue weighted by atomic mass is 9.93. The summed E-state index contributed by atoms with van der Waals surface area (Å²) < 4.78 is 5.38. The van der Waals surface area contributed by atoms with Crippen molar-refractivity contribution in [2.75, 3.05) is 31.6 Å². The van der Waals surface area contributed by atoms with Crippen LogP contribution in [0.5, 0.6) is 0 Å². The molecule has 1 aliphatic carbocycles. The Kier molecular flexibility index (Phi) is 5.12. The van der Waals surface area contributed by atoms with Crippen molar-refractivity contribution in [3.63, 3.8) is 0 Å². The highest BCUT2D eigenvalue weighted by molar-refractivity contribution is 5.45. The molecule has 4 nitrogen and oxygen atoms in total. The van der Waals surface area contributed by atoms with E-state index < -0.39 is 0 Å². The molecule has 1 saturated carbocycles. The number of hydrogen-bond donors (Lipinski definition) is 2. The first-order valence-corrected chi connectivity index (χ1v) is 8.13. The van der Waals surface area contributed by atoms with E-state index in [2.05, 4.69) is 34.5 Å². The second-order valence-corrected chi connectivity index (χ2v) is 6.24. The molecule has 0 atom stereocenters. The Bertz CT molecular complexity index is 421. The van der Waals surface area contributed by atoms with Crippen LogP contribution < -0.4 is 5.32 Å². The van der Waals surface area contributed by atoms with Crippen molar-refractivity contribution >= 4 is 5.69 Å². The summed E-state index contributed by atoms with van der Waals surface area (Å²) >= 11 is 0. The summed E-state index contributed by atoms with van der Waals surface area (Å²) in [5.41, 5.74) is 2.56. The van der Waals surface area contributed by atoms with Crippen molar-refractivity contribution in [2.24, 2.45) is 0 Å². The van der Waals surface area contributed by atoms with Gasteiger partial charge in [0, 0.05) is 31.4 Å². The third-order valence-corrected chi connectivity index (χ3v) is 4.53. The summed E-state index contributed by atoms with van der Waals surface area (Å²) in [6, 6.07) is 9.31. The largest absolute Gasteiger partial charge is 0.393 e. The van der Waals surface area contributed by atoms with Crippen LogP contribution in [0.4, 0.5) is 5.69 Å². The van der Waals surface area contributed by atoms with Gasteiger partial charge in [-0.1, -0.05) is 12.1 Å². The van der Waals surface area contributed by atoms with E-state index in [0.29, 0.717) is 6.04 Å². The fourth-order valence-electron chi connectivity index (χ4n) is 3.18. The summed E-state index contributed by atoms with van der Waals surface area (Å²) in [7, 11) is 0. The molecule has 1 saturated heterocycles. The first kappa shape index (κ1) is 14.8. The van der Waals surface area contributed by atoms with Gasteiger partial charge in [-0.3, -0.25) is 4.90 Å². The molecule has 0 spiro atoms. The van der Waals surface area contributed by atoms with Gasteiger partial charge < -0.3 is 15.2 Å². The number of benzene rings is 1. The van der Waals surface area contributed by atoms with Gasteiger partial charge in [0.15, 0.2) is 0 Å². The summed E-state index contributed by atoms with van der Waals surface area (Å²) in [5, 5.41) is 13.1. The fourth-order valence-corrected chi connectivity index (χ4v) is 3.18. The van der Waals surface area contributed by atoms with Crippen LogP contribution in [0.15, 0.2) is 24.3 Å². The van der Waals surface area contributed by atoms with Gasteiger partial charge in [-0.25, -0.2) is 0 Å². The predicted octanol–water partition coefficient (Wildman–Crippen LogP) is 2.23. The third-order valence-electron chi connectivity index (χ3n) is 4.53. The van der Waals surface area contributed by atoms with Gasteiger partial charge in [0.05, 0.1) is 19.3 Å². The molecule has 2 N–H and O–H groups in total. The van der Waals surface area contributed by atoms with Crippen molar-refractivity contribution in [3.05, 3.63) is 29.8 Å². The Hall–Kier alpha value is -1.10. The lowest BCUT2D eigenvalue weighted by Crippen LogP contribution is -2.35. The van der Waals surface area contributed by atoms with E-state index in [1.807, 2.05) is 0 Å². The molecule has 0 bridgehead atoms. The molecule has 1 aromatic carbocycles. The number of hydrogen-bond acceptors (Lipinski definition) is 4. The SMILES string of the molecule is OC1CCC(Nc2ccc(CN3CCOCC3)cc2)CC1. The first-order valence-electron chi connectivity index (χ1n) is 8.13. The monoisotopic (exact) mass is 290 g/mol. The van der Waals surface area contributed by atoms with Crippen molar-refractivity contribution < 1.29 is 9.84 Å². The highest BCUT2D eigenvalue weighted by Gasteiger charge is 2.19. The van der Waals surface area contributed by atoms with Gasteiger partial charge >= 0.3 is 0 Å². The average Bonchev–Trinajstić information content (AvgIpc) is 2.53. The Morgan fingerprint density at radius 2 is 1.71 bits per heavy atom. The molecule has 0 unspecified atom stereocenters. The van der Waals surface area contributed by atoms with E-state index in [4.69, 9.17) is 4.74 Å². The van der Waals surface area contributed by atoms with Gasteiger partial charge in [-0.2, -0.15) is 0 Å². The molecule has 1 aliphatic heterocycles. The number of rotatable bonds is 4. The number of aliphatic hydroxyl groups is 1. The maximum absolute atomic E-state index is 9.54. The maximum atomic E-state index is 9.54. The van der Waals surface area contributed by atoms with Crippen molar-refractivity contribution in [1.82, 2.24) is 4.90 Å². The second kappa shape index (κ2) is 7.25. The van der Waals surface area contributed by atoms with Crippen molar-refractivity contribution in [2.45, 2.75) is 44.4 Å². The fraction of sp³-hybridized carbons (Fsp3) is 0.647. The molecule has 21 heavy (non-hydrogen) atoms. The van der Waals surface area contributed by atoms with Gasteiger partial charge in [0.2, 0.25) is 0 Å². The van der Waals surface area contributed by atoms with Crippen LogP contribution in [0, 0.1) is 0 Å². The molecule has 1 aromatic rings. The topological polar surface area (TPSA) is 44.7 Å². The average molecular weight is 290 g/mol. The quantitative estimate of drug-likeness (QED) is 0.892. The van der Waals surface area contributed by atoms with Crippen LogP contribution in [0.25, 0.3) is 0 Å². The molecular weight excluding hydrogens is 264 g/mol. The molecular formula is C17H26N2O2. The van der Waals surface area contributed by atoms with Crippen LogP contribution in [0.1, 0.15) is 31.2 Å². The molecule has 116 valence electrons. The molecule has 1 heterocycles. The zero-order chi connectivity index (χ0) is 14.5. The van der Waals surface area contributed by atoms with Gasteiger partial charge in [-0.15, -0.1) is 0 Å². The summed E-state index contributed by atoms with van der Waals surface area (Å²) in [6.45, 7) is 4.79. The van der Waals surface area contributed by atoms with Crippen LogP contribution in [0.2, 0.25) is 0 Å². The highest BCUT2D eigenvalue weighted by atomic mass is 16.5. The van der Waals surface area contributed by atoms with Crippen LogP contribution in [-0.4, -0.2) is 48.5 Å². The number of morpholine rings is 1. The van der Waals surface area contributed by atoms with E-state index in [1.54, 1.807) is 0 Å². The molecule has 0 radical (unpaired) electrons. The van der Waals surface area contributed by atoms with E-state index >= 15 is 0 Å². The molecule has 0 aromatic heterocycles. The van der Waals surface area contributed by atoms with Crippen LogP contribution in [-0.2, 0) is 11.3 Å². The molecule has 2 fully saturated rings. The van der Waals surface area contributed by atoms with E-state index in [1.165, 1.54) is 11.3 Å².